The number of aryl methyl sites for hydroxylation is 1. The number of nitrogens with zero attached hydrogens (tertiary/aromatic N) is 1. The summed E-state index contributed by atoms with van der Waals surface area (Å²) in [7, 11) is 1.74. The van der Waals surface area contributed by atoms with E-state index in [4.69, 9.17) is 10.5 Å². The molecule has 0 fully saturated rings. The molecule has 0 radical (unpaired) electrons. The zero-order valence-electron chi connectivity index (χ0n) is 11.3. The summed E-state index contributed by atoms with van der Waals surface area (Å²) in [5.41, 5.74) is 7.83. The lowest BCUT2D eigenvalue weighted by Gasteiger charge is -2.19. The van der Waals surface area contributed by atoms with Crippen LogP contribution in [-0.2, 0) is 11.2 Å². The van der Waals surface area contributed by atoms with E-state index in [-0.39, 0.29) is 0 Å². The van der Waals surface area contributed by atoms with Gasteiger partial charge in [0.15, 0.2) is 0 Å². The van der Waals surface area contributed by atoms with E-state index in [1.165, 1.54) is 5.56 Å². The third-order valence-electron chi connectivity index (χ3n) is 2.92. The van der Waals surface area contributed by atoms with Crippen LogP contribution < -0.4 is 5.73 Å². The molecule has 1 aromatic carbocycles. The zero-order chi connectivity index (χ0) is 13.2. The van der Waals surface area contributed by atoms with E-state index in [0.717, 1.165) is 44.8 Å². The van der Waals surface area contributed by atoms with Gasteiger partial charge in [-0.1, -0.05) is 18.2 Å². The van der Waals surface area contributed by atoms with Crippen LogP contribution in [0, 0.1) is 0 Å². The molecule has 0 unspecified atom stereocenters. The van der Waals surface area contributed by atoms with Crippen LogP contribution in [0.3, 0.4) is 0 Å². The molecule has 0 aliphatic heterocycles. The second-order valence-corrected chi connectivity index (χ2v) is 4.43. The SMILES string of the molecule is C=CCN(CCCc1ccc(N)cc1)CCOC. The Balaban J connectivity index is 2.28. The highest BCUT2D eigenvalue weighted by Crippen LogP contribution is 2.08. The van der Waals surface area contributed by atoms with Crippen molar-refractivity contribution in [1.29, 1.82) is 0 Å². The summed E-state index contributed by atoms with van der Waals surface area (Å²) in [4.78, 5) is 2.35. The average molecular weight is 248 g/mol. The van der Waals surface area contributed by atoms with Crippen molar-refractivity contribution in [1.82, 2.24) is 4.90 Å². The number of nitrogens with two attached hydrogens (primary N) is 1. The average Bonchev–Trinajstić information content (AvgIpc) is 2.38. The van der Waals surface area contributed by atoms with Crippen molar-refractivity contribution in [2.45, 2.75) is 12.8 Å². The van der Waals surface area contributed by atoms with Crippen LogP contribution in [0.1, 0.15) is 12.0 Å². The van der Waals surface area contributed by atoms with Crippen LogP contribution in [0.5, 0.6) is 0 Å². The molecular formula is C15H24N2O. The highest BCUT2D eigenvalue weighted by molar-refractivity contribution is 5.39. The molecule has 1 aromatic rings. The van der Waals surface area contributed by atoms with Gasteiger partial charge in [0.05, 0.1) is 6.61 Å². The predicted octanol–water partition coefficient (Wildman–Crippen LogP) is 2.34. The lowest BCUT2D eigenvalue weighted by Crippen LogP contribution is -2.28. The Morgan fingerprint density at radius 2 is 2.00 bits per heavy atom. The van der Waals surface area contributed by atoms with Crippen LogP contribution >= 0.6 is 0 Å². The molecule has 3 heteroatoms. The minimum absolute atomic E-state index is 0.774. The van der Waals surface area contributed by atoms with Crippen molar-refractivity contribution in [3.63, 3.8) is 0 Å². The Morgan fingerprint density at radius 3 is 2.61 bits per heavy atom. The Labute approximate surface area is 110 Å². The van der Waals surface area contributed by atoms with Crippen LogP contribution in [0.15, 0.2) is 36.9 Å². The number of hydrogen-bond acceptors (Lipinski definition) is 3. The van der Waals surface area contributed by atoms with Gasteiger partial charge in [0.25, 0.3) is 0 Å². The minimum atomic E-state index is 0.774. The van der Waals surface area contributed by atoms with Gasteiger partial charge in [0.1, 0.15) is 0 Å². The van der Waals surface area contributed by atoms with Gasteiger partial charge in [-0.05, 0) is 37.1 Å². The Bertz CT molecular complexity index is 335. The molecule has 0 saturated heterocycles. The highest BCUT2D eigenvalue weighted by atomic mass is 16.5. The van der Waals surface area contributed by atoms with Crippen molar-refractivity contribution in [3.8, 4) is 0 Å². The van der Waals surface area contributed by atoms with Crippen molar-refractivity contribution in [2.75, 3.05) is 39.1 Å². The maximum Gasteiger partial charge on any atom is 0.0589 e. The summed E-state index contributed by atoms with van der Waals surface area (Å²) >= 11 is 0. The normalized spacial score (nSPS) is 10.8. The number of methoxy groups -OCH3 is 1. The third kappa shape index (κ3) is 5.84. The number of hydrogen-bond donors (Lipinski definition) is 1. The van der Waals surface area contributed by atoms with Crippen molar-refractivity contribution in [3.05, 3.63) is 42.5 Å². The summed E-state index contributed by atoms with van der Waals surface area (Å²) < 4.78 is 5.11. The monoisotopic (exact) mass is 248 g/mol. The number of anilines is 1. The molecule has 100 valence electrons. The molecule has 0 atom stereocenters. The summed E-state index contributed by atoms with van der Waals surface area (Å²) in [6.07, 6.45) is 4.17. The van der Waals surface area contributed by atoms with Crippen molar-refractivity contribution < 1.29 is 4.74 Å². The first-order chi connectivity index (χ1) is 8.76. The summed E-state index contributed by atoms with van der Waals surface area (Å²) in [5, 5.41) is 0. The topological polar surface area (TPSA) is 38.5 Å². The van der Waals surface area contributed by atoms with E-state index in [1.54, 1.807) is 7.11 Å². The molecule has 18 heavy (non-hydrogen) atoms. The Kier molecular flexibility index (Phi) is 7.14. The number of rotatable bonds is 9. The predicted molar refractivity (Wildman–Crippen MR) is 77.7 cm³/mol. The molecule has 0 amide bonds. The largest absolute Gasteiger partial charge is 0.399 e. The standard InChI is InChI=1S/C15H24N2O/c1-3-10-17(12-13-18-2)11-4-5-14-6-8-15(16)9-7-14/h3,6-9H,1,4-5,10-13,16H2,2H3. The number of benzene rings is 1. The first-order valence-corrected chi connectivity index (χ1v) is 6.43. The van der Waals surface area contributed by atoms with E-state index in [9.17, 15) is 0 Å². The van der Waals surface area contributed by atoms with Gasteiger partial charge in [-0.2, -0.15) is 0 Å². The van der Waals surface area contributed by atoms with Crippen molar-refractivity contribution >= 4 is 5.69 Å². The molecule has 0 bridgehead atoms. The highest BCUT2D eigenvalue weighted by Gasteiger charge is 2.02. The first kappa shape index (κ1) is 14.7. The van der Waals surface area contributed by atoms with Gasteiger partial charge in [0, 0.05) is 25.9 Å². The van der Waals surface area contributed by atoms with Gasteiger partial charge in [0.2, 0.25) is 0 Å². The van der Waals surface area contributed by atoms with Crippen LogP contribution in [0.25, 0.3) is 0 Å². The van der Waals surface area contributed by atoms with E-state index in [2.05, 4.69) is 23.6 Å². The number of ether oxygens (including phenoxy) is 1. The van der Waals surface area contributed by atoms with Gasteiger partial charge in [-0.25, -0.2) is 0 Å². The van der Waals surface area contributed by atoms with Gasteiger partial charge < -0.3 is 10.5 Å². The summed E-state index contributed by atoms with van der Waals surface area (Å²) in [5.74, 6) is 0. The fraction of sp³-hybridized carbons (Fsp3) is 0.467. The molecule has 0 saturated carbocycles. The molecular weight excluding hydrogens is 224 g/mol. The van der Waals surface area contributed by atoms with E-state index in [0.29, 0.717) is 0 Å². The Morgan fingerprint density at radius 1 is 1.28 bits per heavy atom. The van der Waals surface area contributed by atoms with Gasteiger partial charge >= 0.3 is 0 Å². The summed E-state index contributed by atoms with van der Waals surface area (Å²) in [6.45, 7) is 7.52. The molecule has 0 aromatic heterocycles. The van der Waals surface area contributed by atoms with Crippen LogP contribution in [-0.4, -0.2) is 38.3 Å². The molecule has 1 rings (SSSR count). The zero-order valence-corrected chi connectivity index (χ0v) is 11.3. The van der Waals surface area contributed by atoms with Crippen LogP contribution in [0.4, 0.5) is 5.69 Å². The fourth-order valence-corrected chi connectivity index (χ4v) is 1.89. The maximum atomic E-state index is 5.66. The van der Waals surface area contributed by atoms with Crippen LogP contribution in [0.2, 0.25) is 0 Å². The number of nitrogen functional groups attached to an aromatic ring is 1. The first-order valence-electron chi connectivity index (χ1n) is 6.43. The maximum absolute atomic E-state index is 5.66. The second-order valence-electron chi connectivity index (χ2n) is 4.43. The molecule has 0 aliphatic rings. The van der Waals surface area contributed by atoms with E-state index in [1.807, 2.05) is 18.2 Å². The summed E-state index contributed by atoms with van der Waals surface area (Å²) in [6, 6.07) is 8.12. The van der Waals surface area contributed by atoms with E-state index >= 15 is 0 Å². The lowest BCUT2D eigenvalue weighted by atomic mass is 10.1. The quantitative estimate of drug-likeness (QED) is 0.538. The fourth-order valence-electron chi connectivity index (χ4n) is 1.89. The molecule has 0 spiro atoms. The second kappa shape index (κ2) is 8.72. The molecule has 0 heterocycles. The molecule has 3 nitrogen and oxygen atoms in total. The Hall–Kier alpha value is -1.32. The third-order valence-corrected chi connectivity index (χ3v) is 2.92. The van der Waals surface area contributed by atoms with Crippen molar-refractivity contribution in [2.24, 2.45) is 0 Å². The lowest BCUT2D eigenvalue weighted by molar-refractivity contribution is 0.153. The molecule has 0 aliphatic carbocycles. The van der Waals surface area contributed by atoms with E-state index < -0.39 is 0 Å². The molecule has 2 N–H and O–H groups in total. The smallest absolute Gasteiger partial charge is 0.0589 e. The van der Waals surface area contributed by atoms with Gasteiger partial charge in [-0.3, -0.25) is 4.90 Å². The minimum Gasteiger partial charge on any atom is -0.399 e. The van der Waals surface area contributed by atoms with Gasteiger partial charge in [-0.15, -0.1) is 6.58 Å².